The number of rotatable bonds is 6. The maximum Gasteiger partial charge on any atom is 0.132 e. The summed E-state index contributed by atoms with van der Waals surface area (Å²) in [5.41, 5.74) is 5.04. The first-order valence-corrected chi connectivity index (χ1v) is 18.2. The zero-order valence-electron chi connectivity index (χ0n) is 29.1. The molecule has 1 aliphatic carbocycles. The van der Waals surface area contributed by atoms with Crippen molar-refractivity contribution in [3.05, 3.63) is 157 Å². The number of nitrogens with zero attached hydrogens (tertiary/aromatic N) is 2. The van der Waals surface area contributed by atoms with Crippen LogP contribution >= 0.6 is 0 Å². The first-order chi connectivity index (χ1) is 25.6. The van der Waals surface area contributed by atoms with E-state index in [-0.39, 0.29) is 40.4 Å². The summed E-state index contributed by atoms with van der Waals surface area (Å²) in [6, 6.07) is 49.5. The van der Waals surface area contributed by atoms with Crippen molar-refractivity contribution in [2.75, 3.05) is 0 Å². The molecule has 5 heteroatoms. The molecule has 9 rings (SSSR count). The molecule has 53 heavy (non-hydrogen) atoms. The van der Waals surface area contributed by atoms with Crippen molar-refractivity contribution in [3.8, 4) is 33.8 Å². The van der Waals surface area contributed by atoms with Gasteiger partial charge in [0.1, 0.15) is 11.5 Å². The van der Waals surface area contributed by atoms with E-state index in [1.54, 1.807) is 0 Å². The largest absolute Gasteiger partial charge is 0.507 e. The van der Waals surface area contributed by atoms with Gasteiger partial charge in [0.15, 0.2) is 0 Å². The Morgan fingerprint density at radius 3 is 1.23 bits per heavy atom. The second-order valence-electron chi connectivity index (χ2n) is 13.8. The predicted octanol–water partition coefficient (Wildman–Crippen LogP) is 11.9. The summed E-state index contributed by atoms with van der Waals surface area (Å²) in [5.74, 6) is 0.466. The first kappa shape index (κ1) is 34.3. The van der Waals surface area contributed by atoms with Crippen LogP contribution < -0.4 is 0 Å². The molecule has 1 aliphatic rings. The van der Waals surface area contributed by atoms with Gasteiger partial charge >= 0.3 is 0 Å². The Bertz CT molecular complexity index is 2500. The van der Waals surface area contributed by atoms with Crippen molar-refractivity contribution >= 4 is 55.5 Å². The molecule has 2 N–H and O–H groups in total. The Balaban J connectivity index is 0.00000400. The van der Waals surface area contributed by atoms with E-state index >= 15 is 0 Å². The van der Waals surface area contributed by atoms with E-state index in [0.29, 0.717) is 11.1 Å². The van der Waals surface area contributed by atoms with Gasteiger partial charge in [-0.3, -0.25) is 9.98 Å². The van der Waals surface area contributed by atoms with E-state index < -0.39 is 0 Å². The number of hydrogen-bond acceptors (Lipinski definition) is 4. The summed E-state index contributed by atoms with van der Waals surface area (Å²) in [5, 5.41) is 32.4. The number of benzene rings is 8. The van der Waals surface area contributed by atoms with Crippen molar-refractivity contribution in [1.82, 2.24) is 0 Å². The molecular formula is C48H38CoN2O2. The number of aromatic hydroxyl groups is 2. The molecule has 1 saturated carbocycles. The van der Waals surface area contributed by atoms with Crippen LogP contribution in [0, 0.1) is 0 Å². The number of phenolic OH excluding ortho intramolecular Hbond substituents is 2. The maximum absolute atomic E-state index is 11.9. The van der Waals surface area contributed by atoms with E-state index in [0.717, 1.165) is 91.0 Å². The van der Waals surface area contributed by atoms with E-state index in [9.17, 15) is 10.2 Å². The van der Waals surface area contributed by atoms with E-state index in [1.807, 2.05) is 73.1 Å². The smallest absolute Gasteiger partial charge is 0.132 e. The standard InChI is InChI=1S/C48H38N2O2.Co/c51-47-35(27-33-15-3-7-21-39(33)45(47)41-23-11-17-31-13-1-5-19-37(31)41)29-49-43-25-9-10-26-44(43)50-30-36-28-34-16-4-8-22-40(34)46(48(36)52)42-24-12-18-32-14-2-6-20-38(32)42;/h1-8,11-24,27-30,43-44,51-52H,9-10,25-26H2;. The first-order valence-electron chi connectivity index (χ1n) is 18.2. The van der Waals surface area contributed by atoms with Crippen molar-refractivity contribution in [2.45, 2.75) is 37.8 Å². The minimum absolute atomic E-state index is 0. The third-order valence-electron chi connectivity index (χ3n) is 10.7. The molecule has 2 unspecified atom stereocenters. The molecule has 1 fully saturated rings. The van der Waals surface area contributed by atoms with Gasteiger partial charge in [0.2, 0.25) is 0 Å². The monoisotopic (exact) mass is 733 g/mol. The molecule has 261 valence electrons. The van der Waals surface area contributed by atoms with Crippen LogP contribution in [-0.4, -0.2) is 34.7 Å². The zero-order valence-corrected chi connectivity index (χ0v) is 30.2. The van der Waals surface area contributed by atoms with Gasteiger partial charge in [-0.25, -0.2) is 0 Å². The summed E-state index contributed by atoms with van der Waals surface area (Å²) in [6.07, 6.45) is 7.67. The third-order valence-corrected chi connectivity index (χ3v) is 10.7. The quantitative estimate of drug-likeness (QED) is 0.167. The molecule has 0 saturated heterocycles. The molecule has 0 aromatic heterocycles. The van der Waals surface area contributed by atoms with Gasteiger partial charge in [-0.2, -0.15) is 0 Å². The van der Waals surface area contributed by atoms with Crippen molar-refractivity contribution in [3.63, 3.8) is 0 Å². The average molecular weight is 734 g/mol. The van der Waals surface area contributed by atoms with Crippen LogP contribution in [0.5, 0.6) is 11.5 Å². The minimum atomic E-state index is -0.0444. The Hall–Kier alpha value is -5.75. The second kappa shape index (κ2) is 14.7. The van der Waals surface area contributed by atoms with Gasteiger partial charge in [-0.1, -0.05) is 146 Å². The van der Waals surface area contributed by atoms with Gasteiger partial charge in [-0.05, 0) is 79.2 Å². The van der Waals surface area contributed by atoms with Gasteiger partial charge in [0.05, 0.1) is 12.1 Å². The fourth-order valence-corrected chi connectivity index (χ4v) is 8.14. The normalized spacial score (nSPS) is 16.2. The summed E-state index contributed by atoms with van der Waals surface area (Å²) in [4.78, 5) is 10.2. The fraction of sp³-hybridized carbons (Fsp3) is 0.125. The third kappa shape index (κ3) is 6.37. The molecule has 8 aromatic rings. The Labute approximate surface area is 319 Å². The Morgan fingerprint density at radius 1 is 0.434 bits per heavy atom. The molecule has 0 bridgehead atoms. The Kier molecular flexibility index (Phi) is 9.53. The van der Waals surface area contributed by atoms with E-state index in [2.05, 4.69) is 84.9 Å². The fourth-order valence-electron chi connectivity index (χ4n) is 8.14. The summed E-state index contributed by atoms with van der Waals surface area (Å²) >= 11 is 0. The van der Waals surface area contributed by atoms with E-state index in [4.69, 9.17) is 9.98 Å². The molecule has 0 amide bonds. The molecule has 8 aromatic carbocycles. The van der Waals surface area contributed by atoms with Crippen LogP contribution in [0.4, 0.5) is 0 Å². The topological polar surface area (TPSA) is 65.2 Å². The molecule has 0 heterocycles. The average Bonchev–Trinajstić information content (AvgIpc) is 3.19. The molecule has 0 aliphatic heterocycles. The van der Waals surface area contributed by atoms with Gasteiger partial charge in [0, 0.05) is 51.5 Å². The number of aliphatic imine (C=N–C) groups is 2. The predicted molar refractivity (Wildman–Crippen MR) is 218 cm³/mol. The zero-order chi connectivity index (χ0) is 35.0. The molecule has 2 atom stereocenters. The van der Waals surface area contributed by atoms with Crippen LogP contribution in [-0.2, 0) is 16.8 Å². The number of fused-ring (bicyclic) bond motifs is 4. The van der Waals surface area contributed by atoms with Gasteiger partial charge < -0.3 is 10.2 Å². The molecule has 1 radical (unpaired) electrons. The van der Waals surface area contributed by atoms with Gasteiger partial charge in [-0.15, -0.1) is 0 Å². The number of phenols is 2. The SMILES string of the molecule is Oc1c(C=NC2CCCCC2N=Cc2cc3ccccc3c(-c3cccc4ccccc34)c2O)cc2ccccc2c1-c1cccc2ccccc12.[Co]. The van der Waals surface area contributed by atoms with Crippen LogP contribution in [0.1, 0.15) is 36.8 Å². The summed E-state index contributed by atoms with van der Waals surface area (Å²) in [7, 11) is 0. The van der Waals surface area contributed by atoms with Crippen molar-refractivity contribution in [2.24, 2.45) is 9.98 Å². The van der Waals surface area contributed by atoms with E-state index in [1.165, 1.54) is 0 Å². The van der Waals surface area contributed by atoms with Crippen molar-refractivity contribution in [1.29, 1.82) is 0 Å². The van der Waals surface area contributed by atoms with Crippen LogP contribution in [0.2, 0.25) is 0 Å². The van der Waals surface area contributed by atoms with Crippen LogP contribution in [0.15, 0.2) is 156 Å². The maximum atomic E-state index is 11.9. The summed E-state index contributed by atoms with van der Waals surface area (Å²) < 4.78 is 0. The number of hydrogen-bond donors (Lipinski definition) is 2. The van der Waals surface area contributed by atoms with Crippen LogP contribution in [0.3, 0.4) is 0 Å². The minimum Gasteiger partial charge on any atom is -0.507 e. The second-order valence-corrected chi connectivity index (χ2v) is 13.8. The van der Waals surface area contributed by atoms with Crippen molar-refractivity contribution < 1.29 is 27.0 Å². The van der Waals surface area contributed by atoms with Crippen LogP contribution in [0.25, 0.3) is 65.3 Å². The molecular weight excluding hydrogens is 695 g/mol. The van der Waals surface area contributed by atoms with Gasteiger partial charge in [0.25, 0.3) is 0 Å². The summed E-state index contributed by atoms with van der Waals surface area (Å²) in [6.45, 7) is 0. The molecule has 0 spiro atoms. The Morgan fingerprint density at radius 2 is 0.792 bits per heavy atom. The molecule has 4 nitrogen and oxygen atoms in total.